The zero-order valence-electron chi connectivity index (χ0n) is 12.4. The highest BCUT2D eigenvalue weighted by Crippen LogP contribution is 2.25. The van der Waals surface area contributed by atoms with E-state index in [0.717, 1.165) is 6.42 Å². The number of hydrogen-bond donors (Lipinski definition) is 2. The molecule has 0 saturated heterocycles. The number of phenols is 1. The second kappa shape index (κ2) is 6.58. The molecule has 0 saturated carbocycles. The number of benzene rings is 2. The molecule has 2 aromatic carbocycles. The highest BCUT2D eigenvalue weighted by Gasteiger charge is 2.14. The van der Waals surface area contributed by atoms with Crippen molar-refractivity contribution < 1.29 is 5.11 Å². The molecule has 2 nitrogen and oxygen atoms in total. The summed E-state index contributed by atoms with van der Waals surface area (Å²) in [6, 6.07) is 16.6. The van der Waals surface area contributed by atoms with Gasteiger partial charge < -0.3 is 10.4 Å². The van der Waals surface area contributed by atoms with Crippen LogP contribution in [-0.4, -0.2) is 5.11 Å². The molecule has 106 valence electrons. The molecule has 2 heteroatoms. The first-order valence-corrected chi connectivity index (χ1v) is 7.22. The molecule has 2 rings (SSSR count). The van der Waals surface area contributed by atoms with Gasteiger partial charge in [-0.15, -0.1) is 0 Å². The molecule has 0 aromatic heterocycles. The first kappa shape index (κ1) is 14.6. The first-order chi connectivity index (χ1) is 9.61. The van der Waals surface area contributed by atoms with Gasteiger partial charge in [-0.1, -0.05) is 43.3 Å². The van der Waals surface area contributed by atoms with Crippen LogP contribution in [0.4, 0.5) is 0 Å². The van der Waals surface area contributed by atoms with Gasteiger partial charge in [0.1, 0.15) is 5.75 Å². The SMILES string of the molecule is CCC(NC(C)c1ccccc1C)c1ccc(O)cc1. The standard InChI is InChI=1S/C18H23NO/c1-4-18(15-9-11-16(20)12-10-15)19-14(3)17-8-6-5-7-13(17)2/h5-12,14,18-20H,4H2,1-3H3. The molecule has 2 atom stereocenters. The third kappa shape index (κ3) is 3.40. The van der Waals surface area contributed by atoms with Gasteiger partial charge in [-0.25, -0.2) is 0 Å². The molecular formula is C18H23NO. The molecule has 0 heterocycles. The minimum Gasteiger partial charge on any atom is -0.508 e. The van der Waals surface area contributed by atoms with Crippen LogP contribution < -0.4 is 5.32 Å². The zero-order chi connectivity index (χ0) is 14.5. The van der Waals surface area contributed by atoms with Crippen LogP contribution in [0.25, 0.3) is 0 Å². The number of hydrogen-bond acceptors (Lipinski definition) is 2. The Hall–Kier alpha value is -1.80. The van der Waals surface area contributed by atoms with Crippen molar-refractivity contribution in [1.82, 2.24) is 5.32 Å². The maximum Gasteiger partial charge on any atom is 0.115 e. The van der Waals surface area contributed by atoms with E-state index in [1.807, 2.05) is 12.1 Å². The van der Waals surface area contributed by atoms with Crippen molar-refractivity contribution >= 4 is 0 Å². The van der Waals surface area contributed by atoms with Crippen molar-refractivity contribution in [3.05, 3.63) is 65.2 Å². The number of rotatable bonds is 5. The molecule has 0 spiro atoms. The Morgan fingerprint density at radius 1 is 1.05 bits per heavy atom. The number of phenolic OH excluding ortho intramolecular Hbond substituents is 1. The van der Waals surface area contributed by atoms with Crippen LogP contribution in [0.5, 0.6) is 5.75 Å². The third-order valence-electron chi connectivity index (χ3n) is 3.81. The molecule has 0 bridgehead atoms. The van der Waals surface area contributed by atoms with Crippen LogP contribution in [0, 0.1) is 6.92 Å². The average molecular weight is 269 g/mol. The van der Waals surface area contributed by atoms with Crippen LogP contribution in [0.15, 0.2) is 48.5 Å². The molecule has 20 heavy (non-hydrogen) atoms. The van der Waals surface area contributed by atoms with E-state index < -0.39 is 0 Å². The molecule has 0 aliphatic rings. The molecule has 2 N–H and O–H groups in total. The lowest BCUT2D eigenvalue weighted by molar-refractivity contribution is 0.452. The van der Waals surface area contributed by atoms with E-state index in [1.165, 1.54) is 16.7 Å². The van der Waals surface area contributed by atoms with Gasteiger partial charge in [0.15, 0.2) is 0 Å². The lowest BCUT2D eigenvalue weighted by Crippen LogP contribution is -2.24. The van der Waals surface area contributed by atoms with Gasteiger partial charge in [-0.2, -0.15) is 0 Å². The van der Waals surface area contributed by atoms with Crippen LogP contribution in [0.3, 0.4) is 0 Å². The Labute approximate surface area is 121 Å². The summed E-state index contributed by atoms with van der Waals surface area (Å²) < 4.78 is 0. The average Bonchev–Trinajstić information content (AvgIpc) is 2.46. The van der Waals surface area contributed by atoms with Crippen LogP contribution in [0.2, 0.25) is 0 Å². The summed E-state index contributed by atoms with van der Waals surface area (Å²) in [4.78, 5) is 0. The molecule has 0 amide bonds. The molecule has 2 aromatic rings. The summed E-state index contributed by atoms with van der Waals surface area (Å²) in [6.45, 7) is 6.52. The maximum absolute atomic E-state index is 9.39. The van der Waals surface area contributed by atoms with Crippen LogP contribution >= 0.6 is 0 Å². The van der Waals surface area contributed by atoms with Crippen molar-refractivity contribution in [3.8, 4) is 5.75 Å². The van der Waals surface area contributed by atoms with Crippen molar-refractivity contribution in [2.24, 2.45) is 0 Å². The van der Waals surface area contributed by atoms with E-state index in [2.05, 4.69) is 50.4 Å². The van der Waals surface area contributed by atoms with Crippen molar-refractivity contribution in [2.75, 3.05) is 0 Å². The normalized spacial score (nSPS) is 13.9. The summed E-state index contributed by atoms with van der Waals surface area (Å²) in [5, 5.41) is 13.1. The summed E-state index contributed by atoms with van der Waals surface area (Å²) in [5.41, 5.74) is 3.86. The monoisotopic (exact) mass is 269 g/mol. The molecule has 0 aliphatic carbocycles. The Kier molecular flexibility index (Phi) is 4.80. The van der Waals surface area contributed by atoms with E-state index >= 15 is 0 Å². The topological polar surface area (TPSA) is 32.3 Å². The zero-order valence-corrected chi connectivity index (χ0v) is 12.4. The Balaban J connectivity index is 2.14. The van der Waals surface area contributed by atoms with Gasteiger partial charge in [0, 0.05) is 12.1 Å². The minimum atomic E-state index is 0.296. The summed E-state index contributed by atoms with van der Waals surface area (Å²) >= 11 is 0. The van der Waals surface area contributed by atoms with Gasteiger partial charge in [-0.05, 0) is 49.1 Å². The largest absolute Gasteiger partial charge is 0.508 e. The van der Waals surface area contributed by atoms with Gasteiger partial charge in [0.25, 0.3) is 0 Å². The maximum atomic E-state index is 9.39. The molecule has 2 unspecified atom stereocenters. The minimum absolute atomic E-state index is 0.296. The van der Waals surface area contributed by atoms with Crippen LogP contribution in [0.1, 0.15) is 49.0 Å². The van der Waals surface area contributed by atoms with Gasteiger partial charge in [0.05, 0.1) is 0 Å². The van der Waals surface area contributed by atoms with Crippen molar-refractivity contribution in [3.63, 3.8) is 0 Å². The molecule has 0 fully saturated rings. The second-order valence-electron chi connectivity index (χ2n) is 5.30. The lowest BCUT2D eigenvalue weighted by Gasteiger charge is -2.24. The fourth-order valence-corrected chi connectivity index (χ4v) is 2.62. The molecule has 0 aliphatic heterocycles. The molecular weight excluding hydrogens is 246 g/mol. The van der Waals surface area contributed by atoms with E-state index in [-0.39, 0.29) is 0 Å². The Bertz CT molecular complexity index is 548. The lowest BCUT2D eigenvalue weighted by atomic mass is 9.99. The van der Waals surface area contributed by atoms with E-state index in [1.54, 1.807) is 12.1 Å². The number of nitrogens with one attached hydrogen (secondary N) is 1. The summed E-state index contributed by atoms with van der Waals surface area (Å²) in [6.07, 6.45) is 1.01. The van der Waals surface area contributed by atoms with Crippen molar-refractivity contribution in [1.29, 1.82) is 0 Å². The quantitative estimate of drug-likeness (QED) is 0.837. The fraction of sp³-hybridized carbons (Fsp3) is 0.333. The van der Waals surface area contributed by atoms with Crippen LogP contribution in [-0.2, 0) is 0 Å². The highest BCUT2D eigenvalue weighted by atomic mass is 16.3. The summed E-state index contributed by atoms with van der Waals surface area (Å²) in [7, 11) is 0. The van der Waals surface area contributed by atoms with Gasteiger partial charge >= 0.3 is 0 Å². The van der Waals surface area contributed by atoms with Crippen molar-refractivity contribution in [2.45, 2.75) is 39.3 Å². The smallest absolute Gasteiger partial charge is 0.115 e. The van der Waals surface area contributed by atoms with Gasteiger partial charge in [0.2, 0.25) is 0 Å². The Morgan fingerprint density at radius 2 is 1.70 bits per heavy atom. The fourth-order valence-electron chi connectivity index (χ4n) is 2.62. The van der Waals surface area contributed by atoms with Gasteiger partial charge in [-0.3, -0.25) is 0 Å². The second-order valence-corrected chi connectivity index (χ2v) is 5.30. The Morgan fingerprint density at radius 3 is 2.30 bits per heavy atom. The number of aryl methyl sites for hydroxylation is 1. The van der Waals surface area contributed by atoms with E-state index in [4.69, 9.17) is 0 Å². The predicted molar refractivity (Wildman–Crippen MR) is 83.9 cm³/mol. The summed E-state index contributed by atoms with van der Waals surface area (Å²) in [5.74, 6) is 0.315. The molecule has 0 radical (unpaired) electrons. The first-order valence-electron chi connectivity index (χ1n) is 7.22. The predicted octanol–water partition coefficient (Wildman–Crippen LogP) is 4.50. The van der Waals surface area contributed by atoms with E-state index in [9.17, 15) is 5.11 Å². The third-order valence-corrected chi connectivity index (χ3v) is 3.81. The highest BCUT2D eigenvalue weighted by molar-refractivity contribution is 5.30. The number of aromatic hydroxyl groups is 1. The van der Waals surface area contributed by atoms with E-state index in [0.29, 0.717) is 17.8 Å².